The van der Waals surface area contributed by atoms with E-state index in [0.717, 1.165) is 12.8 Å². The number of hydrogen-bond donors (Lipinski definition) is 1. The fourth-order valence-electron chi connectivity index (χ4n) is 2.09. The molecule has 0 aliphatic rings. The molecule has 1 rings (SSSR count). The maximum Gasteiger partial charge on any atom is 0.317 e. The summed E-state index contributed by atoms with van der Waals surface area (Å²) in [6.45, 7) is 9.21. The van der Waals surface area contributed by atoms with Gasteiger partial charge in [-0.3, -0.25) is 0 Å². The molecule has 3 nitrogen and oxygen atoms in total. The Morgan fingerprint density at radius 1 is 1.20 bits per heavy atom. The monoisotopic (exact) mass is 276 g/mol. The zero-order valence-corrected chi connectivity index (χ0v) is 13.4. The Labute approximate surface area is 123 Å². The van der Waals surface area contributed by atoms with Crippen molar-refractivity contribution in [1.29, 1.82) is 0 Å². The Bertz CT molecular complexity index is 429. The molecule has 0 saturated heterocycles. The van der Waals surface area contributed by atoms with E-state index in [0.29, 0.717) is 12.5 Å². The van der Waals surface area contributed by atoms with Crippen molar-refractivity contribution in [2.45, 2.75) is 53.1 Å². The molecule has 0 aromatic heterocycles. The van der Waals surface area contributed by atoms with E-state index in [9.17, 15) is 4.79 Å². The third-order valence-electron chi connectivity index (χ3n) is 3.56. The highest BCUT2D eigenvalue weighted by atomic mass is 16.2. The molecule has 1 aromatic carbocycles. The lowest BCUT2D eigenvalue weighted by molar-refractivity contribution is 0.202. The quantitative estimate of drug-likeness (QED) is 0.838. The first-order valence-electron chi connectivity index (χ1n) is 7.46. The highest BCUT2D eigenvalue weighted by molar-refractivity contribution is 5.74. The fourth-order valence-corrected chi connectivity index (χ4v) is 2.09. The lowest BCUT2D eigenvalue weighted by Crippen LogP contribution is -2.41. The van der Waals surface area contributed by atoms with E-state index in [-0.39, 0.29) is 12.1 Å². The number of urea groups is 1. The molecule has 1 unspecified atom stereocenters. The molecular weight excluding hydrogens is 248 g/mol. The van der Waals surface area contributed by atoms with Crippen LogP contribution < -0.4 is 5.32 Å². The average molecular weight is 276 g/mol. The van der Waals surface area contributed by atoms with Crippen molar-refractivity contribution >= 4 is 6.03 Å². The van der Waals surface area contributed by atoms with Crippen LogP contribution in [0.4, 0.5) is 4.79 Å². The molecule has 3 heteroatoms. The van der Waals surface area contributed by atoms with Crippen LogP contribution in [0.5, 0.6) is 0 Å². The lowest BCUT2D eigenvalue weighted by Gasteiger charge is -2.22. The van der Waals surface area contributed by atoms with E-state index >= 15 is 0 Å². The van der Waals surface area contributed by atoms with E-state index in [4.69, 9.17) is 0 Å². The van der Waals surface area contributed by atoms with Crippen LogP contribution in [0, 0.1) is 12.8 Å². The summed E-state index contributed by atoms with van der Waals surface area (Å²) in [5, 5.41) is 3.06. The Kier molecular flexibility index (Phi) is 6.56. The maximum atomic E-state index is 12.1. The number of amides is 2. The van der Waals surface area contributed by atoms with Crippen LogP contribution in [0.1, 0.15) is 44.7 Å². The molecule has 1 N–H and O–H groups in total. The molecule has 0 bridgehead atoms. The summed E-state index contributed by atoms with van der Waals surface area (Å²) in [5.74, 6) is 0.680. The highest BCUT2D eigenvalue weighted by Crippen LogP contribution is 2.10. The number of nitrogens with zero attached hydrogens (tertiary/aromatic N) is 1. The summed E-state index contributed by atoms with van der Waals surface area (Å²) >= 11 is 0. The van der Waals surface area contributed by atoms with Gasteiger partial charge in [0.2, 0.25) is 0 Å². The van der Waals surface area contributed by atoms with Gasteiger partial charge in [-0.25, -0.2) is 4.79 Å². The predicted octanol–water partition coefficient (Wildman–Crippen LogP) is 3.96. The Hall–Kier alpha value is -1.51. The number of rotatable bonds is 6. The van der Waals surface area contributed by atoms with E-state index < -0.39 is 0 Å². The van der Waals surface area contributed by atoms with Gasteiger partial charge >= 0.3 is 6.03 Å². The molecule has 112 valence electrons. The van der Waals surface area contributed by atoms with Gasteiger partial charge in [-0.2, -0.15) is 0 Å². The summed E-state index contributed by atoms with van der Waals surface area (Å²) in [6, 6.07) is 8.41. The van der Waals surface area contributed by atoms with Crippen molar-refractivity contribution in [3.63, 3.8) is 0 Å². The third-order valence-corrected chi connectivity index (χ3v) is 3.56. The minimum atomic E-state index is 0.00418. The average Bonchev–Trinajstić information content (AvgIpc) is 2.39. The topological polar surface area (TPSA) is 32.3 Å². The summed E-state index contributed by atoms with van der Waals surface area (Å²) in [4.78, 5) is 13.9. The van der Waals surface area contributed by atoms with Gasteiger partial charge in [-0.1, -0.05) is 38.1 Å². The Balaban J connectivity index is 2.45. The van der Waals surface area contributed by atoms with E-state index in [2.05, 4.69) is 45.1 Å². The second-order valence-electron chi connectivity index (χ2n) is 6.10. The molecule has 0 radical (unpaired) electrons. The van der Waals surface area contributed by atoms with Crippen molar-refractivity contribution in [3.05, 3.63) is 35.4 Å². The van der Waals surface area contributed by atoms with Crippen LogP contribution >= 0.6 is 0 Å². The Morgan fingerprint density at radius 2 is 1.85 bits per heavy atom. The van der Waals surface area contributed by atoms with E-state index in [1.165, 1.54) is 11.1 Å². The first kappa shape index (κ1) is 16.5. The zero-order valence-electron chi connectivity index (χ0n) is 13.4. The van der Waals surface area contributed by atoms with Crippen LogP contribution in [-0.2, 0) is 6.54 Å². The summed E-state index contributed by atoms with van der Waals surface area (Å²) in [6.07, 6.45) is 2.17. The van der Waals surface area contributed by atoms with Crippen molar-refractivity contribution in [1.82, 2.24) is 10.2 Å². The molecule has 20 heavy (non-hydrogen) atoms. The van der Waals surface area contributed by atoms with E-state index in [1.54, 1.807) is 4.90 Å². The summed E-state index contributed by atoms with van der Waals surface area (Å²) in [7, 11) is 1.84. The van der Waals surface area contributed by atoms with E-state index in [1.807, 2.05) is 19.2 Å². The van der Waals surface area contributed by atoms with Gasteiger partial charge in [0.25, 0.3) is 0 Å². The van der Waals surface area contributed by atoms with Gasteiger partial charge < -0.3 is 10.2 Å². The number of benzene rings is 1. The second-order valence-corrected chi connectivity index (χ2v) is 6.10. The summed E-state index contributed by atoms with van der Waals surface area (Å²) < 4.78 is 0. The van der Waals surface area contributed by atoms with Gasteiger partial charge in [0.05, 0.1) is 0 Å². The van der Waals surface area contributed by atoms with Crippen LogP contribution in [0.15, 0.2) is 24.3 Å². The van der Waals surface area contributed by atoms with Crippen LogP contribution in [0.3, 0.4) is 0 Å². The molecule has 1 atom stereocenters. The minimum Gasteiger partial charge on any atom is -0.336 e. The maximum absolute atomic E-state index is 12.1. The molecule has 0 fully saturated rings. The van der Waals surface area contributed by atoms with Crippen molar-refractivity contribution in [3.8, 4) is 0 Å². The van der Waals surface area contributed by atoms with Crippen LogP contribution in [0.2, 0.25) is 0 Å². The first-order chi connectivity index (χ1) is 9.40. The molecule has 0 saturated carbocycles. The van der Waals surface area contributed by atoms with Gasteiger partial charge in [0.1, 0.15) is 0 Å². The molecule has 2 amide bonds. The lowest BCUT2D eigenvalue weighted by atomic mass is 10.0. The minimum absolute atomic E-state index is 0.00418. The Morgan fingerprint density at radius 3 is 2.45 bits per heavy atom. The zero-order chi connectivity index (χ0) is 15.1. The molecule has 0 aliphatic heterocycles. The highest BCUT2D eigenvalue weighted by Gasteiger charge is 2.13. The number of hydrogen-bond acceptors (Lipinski definition) is 1. The number of aryl methyl sites for hydroxylation is 1. The first-order valence-corrected chi connectivity index (χ1v) is 7.46. The largest absolute Gasteiger partial charge is 0.336 e. The van der Waals surface area contributed by atoms with Gasteiger partial charge in [0, 0.05) is 19.6 Å². The molecule has 0 spiro atoms. The van der Waals surface area contributed by atoms with Gasteiger partial charge in [-0.15, -0.1) is 0 Å². The SMILES string of the molecule is Cc1ccccc1CN(C)C(=O)NC(C)CCC(C)C. The number of nitrogens with one attached hydrogen (secondary N) is 1. The van der Waals surface area contributed by atoms with Crippen molar-refractivity contribution in [2.24, 2.45) is 5.92 Å². The fraction of sp³-hybridized carbons (Fsp3) is 0.588. The van der Waals surface area contributed by atoms with Crippen molar-refractivity contribution in [2.75, 3.05) is 7.05 Å². The normalized spacial score (nSPS) is 12.3. The van der Waals surface area contributed by atoms with Crippen molar-refractivity contribution < 1.29 is 4.79 Å². The molecular formula is C17H28N2O. The third kappa shape index (κ3) is 5.64. The number of carbonyl (C=O) groups is 1. The van der Waals surface area contributed by atoms with Crippen LogP contribution in [0.25, 0.3) is 0 Å². The molecule has 1 aromatic rings. The smallest absolute Gasteiger partial charge is 0.317 e. The second kappa shape index (κ2) is 7.93. The van der Waals surface area contributed by atoms with Crippen LogP contribution in [-0.4, -0.2) is 24.0 Å². The summed E-state index contributed by atoms with van der Waals surface area (Å²) in [5.41, 5.74) is 2.42. The van der Waals surface area contributed by atoms with Gasteiger partial charge in [-0.05, 0) is 43.7 Å². The molecule has 0 heterocycles. The van der Waals surface area contributed by atoms with Gasteiger partial charge in [0.15, 0.2) is 0 Å². The standard InChI is InChI=1S/C17H28N2O/c1-13(2)10-11-15(4)18-17(20)19(5)12-16-9-7-6-8-14(16)3/h6-9,13,15H,10-12H2,1-5H3,(H,18,20). The number of carbonyl (C=O) groups excluding carboxylic acids is 1. The molecule has 0 aliphatic carbocycles. The predicted molar refractivity (Wildman–Crippen MR) is 84.7 cm³/mol.